The van der Waals surface area contributed by atoms with Crippen molar-refractivity contribution in [1.29, 1.82) is 0 Å². The summed E-state index contributed by atoms with van der Waals surface area (Å²) in [5.74, 6) is 0. The molecule has 1 aliphatic carbocycles. The Balaban J connectivity index is 2.11. The number of nitrogens with two attached hydrogens (primary N) is 2. The smallest absolute Gasteiger partial charge is 0.0504 e. The molecule has 1 atom stereocenters. The van der Waals surface area contributed by atoms with Crippen LogP contribution in [0.4, 0.5) is 0 Å². The fraction of sp³-hybridized carbons (Fsp3) is 0.0588. The molecule has 0 aromatic heterocycles. The summed E-state index contributed by atoms with van der Waals surface area (Å²) in [6.45, 7) is 0. The van der Waals surface area contributed by atoms with E-state index in [0.29, 0.717) is 0 Å². The van der Waals surface area contributed by atoms with Crippen LogP contribution in [0.3, 0.4) is 0 Å². The summed E-state index contributed by atoms with van der Waals surface area (Å²) in [6.07, 6.45) is 7.84. The van der Waals surface area contributed by atoms with E-state index in [4.69, 9.17) is 11.5 Å². The minimum Gasteiger partial charge on any atom is -0.398 e. The Kier molecular flexibility index (Phi) is 2.94. The second kappa shape index (κ2) is 4.75. The van der Waals surface area contributed by atoms with Crippen LogP contribution in [0.15, 0.2) is 72.3 Å². The molecular weight excluding hydrogens is 232 g/mol. The normalized spacial score (nSPS) is 20.8. The van der Waals surface area contributed by atoms with Gasteiger partial charge in [0.05, 0.1) is 6.04 Å². The van der Waals surface area contributed by atoms with Crippen LogP contribution in [0.25, 0.3) is 16.5 Å². The Hall–Kier alpha value is -2.32. The summed E-state index contributed by atoms with van der Waals surface area (Å²) >= 11 is 0. The zero-order valence-electron chi connectivity index (χ0n) is 10.6. The number of hydrogen-bond acceptors (Lipinski definition) is 2. The van der Waals surface area contributed by atoms with Gasteiger partial charge in [-0.2, -0.15) is 0 Å². The summed E-state index contributed by atoms with van der Waals surface area (Å²) in [7, 11) is 0. The number of allylic oxidation sites excluding steroid dienone is 2. The van der Waals surface area contributed by atoms with Crippen molar-refractivity contribution in [2.24, 2.45) is 11.5 Å². The molecule has 4 N–H and O–H groups in total. The van der Waals surface area contributed by atoms with E-state index < -0.39 is 0 Å². The maximum atomic E-state index is 6.27. The van der Waals surface area contributed by atoms with Gasteiger partial charge >= 0.3 is 0 Å². The molecule has 2 aromatic carbocycles. The van der Waals surface area contributed by atoms with E-state index in [1.165, 1.54) is 10.8 Å². The zero-order chi connectivity index (χ0) is 13.2. The van der Waals surface area contributed by atoms with Crippen LogP contribution in [-0.4, -0.2) is 6.04 Å². The molecule has 94 valence electrons. The average molecular weight is 248 g/mol. The zero-order valence-corrected chi connectivity index (χ0v) is 10.6. The Labute approximate surface area is 112 Å². The molecule has 0 spiro atoms. The fourth-order valence-corrected chi connectivity index (χ4v) is 2.35. The van der Waals surface area contributed by atoms with Gasteiger partial charge in [-0.15, -0.1) is 0 Å². The summed E-state index contributed by atoms with van der Waals surface area (Å²) in [4.78, 5) is 0. The van der Waals surface area contributed by atoms with Gasteiger partial charge in [0.25, 0.3) is 0 Å². The van der Waals surface area contributed by atoms with Gasteiger partial charge in [0.2, 0.25) is 0 Å². The van der Waals surface area contributed by atoms with Crippen molar-refractivity contribution in [3.63, 3.8) is 0 Å². The first kappa shape index (κ1) is 11.8. The van der Waals surface area contributed by atoms with E-state index in [-0.39, 0.29) is 6.04 Å². The van der Waals surface area contributed by atoms with Crippen molar-refractivity contribution >= 4 is 16.5 Å². The largest absolute Gasteiger partial charge is 0.398 e. The first-order valence-corrected chi connectivity index (χ1v) is 6.35. The van der Waals surface area contributed by atoms with E-state index in [9.17, 15) is 0 Å². The van der Waals surface area contributed by atoms with Gasteiger partial charge in [0.1, 0.15) is 0 Å². The molecule has 0 saturated carbocycles. The van der Waals surface area contributed by atoms with Crippen molar-refractivity contribution < 1.29 is 0 Å². The van der Waals surface area contributed by atoms with Crippen LogP contribution in [0.5, 0.6) is 0 Å². The molecule has 1 unspecified atom stereocenters. The minimum atomic E-state index is -0.128. The van der Waals surface area contributed by atoms with Crippen LogP contribution in [0.1, 0.15) is 5.56 Å². The summed E-state index contributed by atoms with van der Waals surface area (Å²) in [5.41, 5.74) is 15.1. The number of hydrogen-bond donors (Lipinski definition) is 2. The molecular formula is C17H16N2. The quantitative estimate of drug-likeness (QED) is 0.815. The second-order valence-corrected chi connectivity index (χ2v) is 4.70. The molecule has 2 heteroatoms. The first-order chi connectivity index (χ1) is 9.25. The van der Waals surface area contributed by atoms with Gasteiger partial charge in [-0.05, 0) is 28.0 Å². The van der Waals surface area contributed by atoms with Crippen molar-refractivity contribution in [1.82, 2.24) is 0 Å². The Morgan fingerprint density at radius 3 is 2.53 bits per heavy atom. The predicted molar refractivity (Wildman–Crippen MR) is 81.3 cm³/mol. The van der Waals surface area contributed by atoms with E-state index in [0.717, 1.165) is 16.8 Å². The van der Waals surface area contributed by atoms with Gasteiger partial charge in [0, 0.05) is 5.70 Å². The highest BCUT2D eigenvalue weighted by molar-refractivity contribution is 5.86. The SMILES string of the molecule is N/C(=C1/C=CC=CC1N)c1ccc2ccccc2c1. The standard InChI is InChI=1S/C17H16N2/c18-16-8-4-3-7-15(16)17(19)14-10-9-12-5-1-2-6-13(12)11-14/h1-11,16H,18-19H2/b17-15-. The van der Waals surface area contributed by atoms with Crippen LogP contribution in [0.2, 0.25) is 0 Å². The highest BCUT2D eigenvalue weighted by Crippen LogP contribution is 2.23. The van der Waals surface area contributed by atoms with Crippen molar-refractivity contribution in [2.45, 2.75) is 6.04 Å². The summed E-state index contributed by atoms with van der Waals surface area (Å²) in [5, 5.41) is 2.40. The van der Waals surface area contributed by atoms with E-state index in [1.807, 2.05) is 42.5 Å². The molecule has 0 fully saturated rings. The minimum absolute atomic E-state index is 0.128. The Morgan fingerprint density at radius 2 is 1.74 bits per heavy atom. The van der Waals surface area contributed by atoms with Crippen molar-refractivity contribution in [2.75, 3.05) is 0 Å². The summed E-state index contributed by atoms with van der Waals surface area (Å²) < 4.78 is 0. The molecule has 0 bridgehead atoms. The molecule has 0 heterocycles. The van der Waals surface area contributed by atoms with E-state index in [2.05, 4.69) is 24.3 Å². The third kappa shape index (κ3) is 2.18. The van der Waals surface area contributed by atoms with Gasteiger partial charge in [-0.1, -0.05) is 60.7 Å². The van der Waals surface area contributed by atoms with Crippen molar-refractivity contribution in [3.8, 4) is 0 Å². The summed E-state index contributed by atoms with van der Waals surface area (Å²) in [6, 6.07) is 14.4. The molecule has 0 radical (unpaired) electrons. The lowest BCUT2D eigenvalue weighted by Crippen LogP contribution is -2.23. The third-order valence-electron chi connectivity index (χ3n) is 3.44. The number of fused-ring (bicyclic) bond motifs is 1. The molecule has 0 saturated heterocycles. The molecule has 3 rings (SSSR count). The molecule has 0 amide bonds. The molecule has 2 aromatic rings. The van der Waals surface area contributed by atoms with Gasteiger partial charge in [0.15, 0.2) is 0 Å². The van der Waals surface area contributed by atoms with Crippen LogP contribution < -0.4 is 11.5 Å². The second-order valence-electron chi connectivity index (χ2n) is 4.70. The van der Waals surface area contributed by atoms with Crippen LogP contribution in [-0.2, 0) is 0 Å². The third-order valence-corrected chi connectivity index (χ3v) is 3.44. The van der Waals surface area contributed by atoms with Gasteiger partial charge in [-0.25, -0.2) is 0 Å². The molecule has 0 aliphatic heterocycles. The monoisotopic (exact) mass is 248 g/mol. The highest BCUT2D eigenvalue weighted by Gasteiger charge is 2.11. The average Bonchev–Trinajstić information content (AvgIpc) is 2.46. The van der Waals surface area contributed by atoms with Gasteiger partial charge in [-0.3, -0.25) is 0 Å². The van der Waals surface area contributed by atoms with Crippen molar-refractivity contribution in [3.05, 3.63) is 77.9 Å². The van der Waals surface area contributed by atoms with Crippen LogP contribution in [0, 0.1) is 0 Å². The van der Waals surface area contributed by atoms with E-state index in [1.54, 1.807) is 0 Å². The maximum absolute atomic E-state index is 6.27. The first-order valence-electron chi connectivity index (χ1n) is 6.35. The van der Waals surface area contributed by atoms with Gasteiger partial charge < -0.3 is 11.5 Å². The number of rotatable bonds is 1. The lowest BCUT2D eigenvalue weighted by molar-refractivity contribution is 0.970. The molecule has 2 nitrogen and oxygen atoms in total. The fourth-order valence-electron chi connectivity index (χ4n) is 2.35. The number of benzene rings is 2. The topological polar surface area (TPSA) is 52.0 Å². The van der Waals surface area contributed by atoms with Crippen LogP contribution >= 0.6 is 0 Å². The maximum Gasteiger partial charge on any atom is 0.0504 e. The Bertz CT molecular complexity index is 708. The Morgan fingerprint density at radius 1 is 0.947 bits per heavy atom. The predicted octanol–water partition coefficient (Wildman–Crippen LogP) is 2.96. The molecule has 1 aliphatic rings. The highest BCUT2D eigenvalue weighted by atomic mass is 14.7. The molecule has 19 heavy (non-hydrogen) atoms. The lowest BCUT2D eigenvalue weighted by Gasteiger charge is -2.15. The lowest BCUT2D eigenvalue weighted by atomic mass is 9.96. The van der Waals surface area contributed by atoms with E-state index >= 15 is 0 Å².